The van der Waals surface area contributed by atoms with Gasteiger partial charge in [0.15, 0.2) is 0 Å². The van der Waals surface area contributed by atoms with Crippen molar-refractivity contribution in [1.82, 2.24) is 4.72 Å². The summed E-state index contributed by atoms with van der Waals surface area (Å²) in [5, 5.41) is 2.64. The predicted molar refractivity (Wildman–Crippen MR) is 98.5 cm³/mol. The number of hydrogen-bond donors (Lipinski definition) is 2. The van der Waals surface area contributed by atoms with Crippen LogP contribution in [0.3, 0.4) is 0 Å². The Balaban J connectivity index is 2.11. The first-order valence-corrected chi connectivity index (χ1v) is 10.3. The molecule has 10 heteroatoms. The number of benzene rings is 2. The standard InChI is InChI=1S/C17H17F3N2O3S2/c1-2-26-15-6-4-3-5-14(15)16(23)22-12-7-9-13(10-8-12)27(24,25)21-11-17(18,19)20/h3-10,21H,2,11H2,1H3,(H,22,23). The van der Waals surface area contributed by atoms with Gasteiger partial charge in [0, 0.05) is 10.6 Å². The molecule has 0 aliphatic rings. The number of halogens is 3. The van der Waals surface area contributed by atoms with Crippen molar-refractivity contribution in [3.63, 3.8) is 0 Å². The zero-order chi connectivity index (χ0) is 20.1. The normalized spacial score (nSPS) is 12.0. The number of rotatable bonds is 7. The minimum Gasteiger partial charge on any atom is -0.322 e. The van der Waals surface area contributed by atoms with E-state index in [9.17, 15) is 26.4 Å². The molecule has 0 saturated heterocycles. The maximum absolute atomic E-state index is 12.4. The van der Waals surface area contributed by atoms with Crippen LogP contribution in [0, 0.1) is 0 Å². The van der Waals surface area contributed by atoms with E-state index in [2.05, 4.69) is 5.32 Å². The monoisotopic (exact) mass is 418 g/mol. The van der Waals surface area contributed by atoms with Gasteiger partial charge in [-0.3, -0.25) is 4.79 Å². The summed E-state index contributed by atoms with van der Waals surface area (Å²) in [5.41, 5.74) is 0.805. The largest absolute Gasteiger partial charge is 0.402 e. The first-order chi connectivity index (χ1) is 12.6. The molecule has 0 saturated carbocycles. The molecule has 2 N–H and O–H groups in total. The van der Waals surface area contributed by atoms with Gasteiger partial charge in [0.2, 0.25) is 10.0 Å². The number of amides is 1. The molecule has 0 aliphatic heterocycles. The summed E-state index contributed by atoms with van der Waals surface area (Å²) >= 11 is 1.51. The minimum absolute atomic E-state index is 0.325. The van der Waals surface area contributed by atoms with E-state index in [1.807, 2.05) is 19.1 Å². The van der Waals surface area contributed by atoms with Crippen LogP contribution in [0.2, 0.25) is 0 Å². The molecule has 27 heavy (non-hydrogen) atoms. The fraction of sp³-hybridized carbons (Fsp3) is 0.235. The number of alkyl halides is 3. The number of thioether (sulfide) groups is 1. The molecule has 0 spiro atoms. The van der Waals surface area contributed by atoms with E-state index in [0.717, 1.165) is 22.8 Å². The summed E-state index contributed by atoms with van der Waals surface area (Å²) in [7, 11) is -4.29. The highest BCUT2D eigenvalue weighted by atomic mass is 32.2. The molecule has 2 rings (SSSR count). The van der Waals surface area contributed by atoms with Crippen molar-refractivity contribution < 1.29 is 26.4 Å². The van der Waals surface area contributed by atoms with Crippen molar-refractivity contribution in [1.29, 1.82) is 0 Å². The second-order valence-corrected chi connectivity index (χ2v) is 8.42. The summed E-state index contributed by atoms with van der Waals surface area (Å²) in [4.78, 5) is 12.9. The number of anilines is 1. The van der Waals surface area contributed by atoms with Crippen LogP contribution in [-0.2, 0) is 10.0 Å². The molecular formula is C17H17F3N2O3S2. The molecule has 0 heterocycles. The van der Waals surface area contributed by atoms with Crippen LogP contribution in [0.5, 0.6) is 0 Å². The highest BCUT2D eigenvalue weighted by molar-refractivity contribution is 7.99. The highest BCUT2D eigenvalue weighted by Crippen LogP contribution is 2.23. The van der Waals surface area contributed by atoms with Gasteiger partial charge in [-0.15, -0.1) is 11.8 Å². The first kappa shape index (κ1) is 21.3. The van der Waals surface area contributed by atoms with Crippen molar-refractivity contribution in [2.75, 3.05) is 17.6 Å². The fourth-order valence-electron chi connectivity index (χ4n) is 2.11. The summed E-state index contributed by atoms with van der Waals surface area (Å²) in [6.07, 6.45) is -4.65. The average Bonchev–Trinajstić information content (AvgIpc) is 2.61. The van der Waals surface area contributed by atoms with E-state index < -0.39 is 22.7 Å². The topological polar surface area (TPSA) is 75.3 Å². The Kier molecular flexibility index (Phi) is 6.90. The molecule has 0 unspecified atom stereocenters. The number of carbonyl (C=O) groups is 1. The molecule has 2 aromatic carbocycles. The second-order valence-electron chi connectivity index (χ2n) is 5.35. The Morgan fingerprint density at radius 1 is 1.07 bits per heavy atom. The number of carbonyl (C=O) groups excluding carboxylic acids is 1. The molecule has 1 amide bonds. The molecule has 0 bridgehead atoms. The van der Waals surface area contributed by atoms with Crippen LogP contribution in [0.15, 0.2) is 58.3 Å². The fourth-order valence-corrected chi connectivity index (χ4v) is 3.93. The molecule has 2 aromatic rings. The zero-order valence-corrected chi connectivity index (χ0v) is 15.8. The third-order valence-corrected chi connectivity index (χ3v) is 5.69. The Labute approximate surface area is 159 Å². The van der Waals surface area contributed by atoms with Crippen LogP contribution in [0.25, 0.3) is 0 Å². The van der Waals surface area contributed by atoms with Crippen LogP contribution < -0.4 is 10.0 Å². The van der Waals surface area contributed by atoms with Crippen molar-refractivity contribution in [3.8, 4) is 0 Å². The van der Waals surface area contributed by atoms with Gasteiger partial charge in [-0.05, 0) is 42.2 Å². The van der Waals surface area contributed by atoms with Gasteiger partial charge in [0.05, 0.1) is 10.5 Å². The van der Waals surface area contributed by atoms with Crippen molar-refractivity contribution in [2.24, 2.45) is 0 Å². The summed E-state index contributed by atoms with van der Waals surface area (Å²) in [5.74, 6) is 0.430. The average molecular weight is 418 g/mol. The smallest absolute Gasteiger partial charge is 0.322 e. The molecule has 5 nitrogen and oxygen atoms in total. The molecule has 146 valence electrons. The van der Waals surface area contributed by atoms with E-state index in [0.29, 0.717) is 11.3 Å². The predicted octanol–water partition coefficient (Wildman–Crippen LogP) is 3.89. The van der Waals surface area contributed by atoms with Crippen LogP contribution in [0.4, 0.5) is 18.9 Å². The summed E-state index contributed by atoms with van der Waals surface area (Å²) in [6, 6.07) is 11.9. The molecule has 0 radical (unpaired) electrons. The Hall–Kier alpha value is -2.04. The molecule has 0 fully saturated rings. The third kappa shape index (κ3) is 6.26. The lowest BCUT2D eigenvalue weighted by Gasteiger charge is -2.11. The van der Waals surface area contributed by atoms with Crippen LogP contribution >= 0.6 is 11.8 Å². The summed E-state index contributed by atoms with van der Waals surface area (Å²) in [6.45, 7) is 0.311. The van der Waals surface area contributed by atoms with Crippen molar-refractivity contribution in [3.05, 3.63) is 54.1 Å². The lowest BCUT2D eigenvalue weighted by atomic mass is 10.2. The zero-order valence-electron chi connectivity index (χ0n) is 14.2. The van der Waals surface area contributed by atoms with Gasteiger partial charge in [-0.25, -0.2) is 13.1 Å². The van der Waals surface area contributed by atoms with Crippen LogP contribution in [0.1, 0.15) is 17.3 Å². The Morgan fingerprint density at radius 3 is 2.30 bits per heavy atom. The minimum atomic E-state index is -4.65. The molecule has 0 atom stereocenters. The highest BCUT2D eigenvalue weighted by Gasteiger charge is 2.30. The van der Waals surface area contributed by atoms with E-state index in [-0.39, 0.29) is 10.8 Å². The van der Waals surface area contributed by atoms with Gasteiger partial charge >= 0.3 is 6.18 Å². The van der Waals surface area contributed by atoms with Gasteiger partial charge in [-0.1, -0.05) is 19.1 Å². The number of sulfonamides is 1. The van der Waals surface area contributed by atoms with E-state index >= 15 is 0 Å². The first-order valence-electron chi connectivity index (χ1n) is 7.82. The lowest BCUT2D eigenvalue weighted by Crippen LogP contribution is -2.33. The van der Waals surface area contributed by atoms with Gasteiger partial charge in [0.25, 0.3) is 5.91 Å². The third-order valence-electron chi connectivity index (χ3n) is 3.32. The SMILES string of the molecule is CCSc1ccccc1C(=O)Nc1ccc(S(=O)(=O)NCC(F)(F)F)cc1. The van der Waals surface area contributed by atoms with E-state index in [1.165, 1.54) is 28.6 Å². The molecule has 0 aliphatic carbocycles. The van der Waals surface area contributed by atoms with E-state index in [1.54, 1.807) is 12.1 Å². The lowest BCUT2D eigenvalue weighted by molar-refractivity contribution is -0.121. The Bertz CT molecular complexity index is 898. The quantitative estimate of drug-likeness (QED) is 0.669. The summed E-state index contributed by atoms with van der Waals surface area (Å²) < 4.78 is 61.7. The Morgan fingerprint density at radius 2 is 1.70 bits per heavy atom. The van der Waals surface area contributed by atoms with Crippen LogP contribution in [-0.4, -0.2) is 32.8 Å². The van der Waals surface area contributed by atoms with Gasteiger partial charge in [-0.2, -0.15) is 13.2 Å². The van der Waals surface area contributed by atoms with Gasteiger partial charge in [0.1, 0.15) is 6.54 Å². The molecular weight excluding hydrogens is 401 g/mol. The maximum atomic E-state index is 12.4. The molecule has 0 aromatic heterocycles. The van der Waals surface area contributed by atoms with Crippen molar-refractivity contribution >= 4 is 33.4 Å². The van der Waals surface area contributed by atoms with Gasteiger partial charge < -0.3 is 5.32 Å². The van der Waals surface area contributed by atoms with E-state index in [4.69, 9.17) is 0 Å². The second kappa shape index (κ2) is 8.77. The van der Waals surface area contributed by atoms with Crippen molar-refractivity contribution in [2.45, 2.75) is 22.9 Å². The maximum Gasteiger partial charge on any atom is 0.402 e. The number of hydrogen-bond acceptors (Lipinski definition) is 4. The number of nitrogens with one attached hydrogen (secondary N) is 2.